The highest BCUT2D eigenvalue weighted by atomic mass is 16.2. The van der Waals surface area contributed by atoms with Crippen LogP contribution in [0.3, 0.4) is 0 Å². The summed E-state index contributed by atoms with van der Waals surface area (Å²) in [6.45, 7) is 3.97. The number of benzene rings is 2. The van der Waals surface area contributed by atoms with Crippen molar-refractivity contribution in [1.82, 2.24) is 16.0 Å². The SMILES string of the molecule is Cc1ccc([C@H](C)NC(=O)C2CC(=O)NC(c3ccccc3)N2)cc1. The Hall–Kier alpha value is -2.66. The molecule has 2 aromatic carbocycles. The van der Waals surface area contributed by atoms with Crippen LogP contribution in [-0.4, -0.2) is 17.9 Å². The molecule has 25 heavy (non-hydrogen) atoms. The average molecular weight is 337 g/mol. The molecule has 2 aromatic rings. The third-order valence-corrected chi connectivity index (χ3v) is 4.45. The fourth-order valence-electron chi connectivity index (χ4n) is 2.95. The molecule has 1 fully saturated rings. The molecule has 3 atom stereocenters. The predicted molar refractivity (Wildman–Crippen MR) is 96.6 cm³/mol. The molecular formula is C20H23N3O2. The Morgan fingerprint density at radius 1 is 1.12 bits per heavy atom. The molecule has 5 heteroatoms. The van der Waals surface area contributed by atoms with Crippen molar-refractivity contribution in [3.63, 3.8) is 0 Å². The number of nitrogens with one attached hydrogen (secondary N) is 3. The van der Waals surface area contributed by atoms with Gasteiger partial charge in [0.25, 0.3) is 0 Å². The molecule has 3 rings (SSSR count). The Morgan fingerprint density at radius 3 is 2.48 bits per heavy atom. The fraction of sp³-hybridized carbons (Fsp3) is 0.300. The smallest absolute Gasteiger partial charge is 0.238 e. The number of hydrogen-bond donors (Lipinski definition) is 3. The monoisotopic (exact) mass is 337 g/mol. The maximum Gasteiger partial charge on any atom is 0.238 e. The first-order valence-electron chi connectivity index (χ1n) is 8.50. The molecule has 130 valence electrons. The molecule has 2 amide bonds. The van der Waals surface area contributed by atoms with Crippen LogP contribution in [-0.2, 0) is 9.59 Å². The van der Waals surface area contributed by atoms with E-state index in [2.05, 4.69) is 16.0 Å². The second-order valence-electron chi connectivity index (χ2n) is 6.48. The van der Waals surface area contributed by atoms with Crippen molar-refractivity contribution >= 4 is 11.8 Å². The molecule has 1 aliphatic rings. The van der Waals surface area contributed by atoms with Crippen molar-refractivity contribution in [1.29, 1.82) is 0 Å². The lowest BCUT2D eigenvalue weighted by Gasteiger charge is -2.31. The minimum atomic E-state index is -0.549. The summed E-state index contributed by atoms with van der Waals surface area (Å²) in [6, 6.07) is 17.0. The topological polar surface area (TPSA) is 70.2 Å². The van der Waals surface area contributed by atoms with Crippen LogP contribution in [0.1, 0.15) is 42.2 Å². The van der Waals surface area contributed by atoms with Gasteiger partial charge >= 0.3 is 0 Å². The highest BCUT2D eigenvalue weighted by molar-refractivity contribution is 5.89. The Morgan fingerprint density at radius 2 is 1.80 bits per heavy atom. The van der Waals surface area contributed by atoms with Gasteiger partial charge < -0.3 is 10.6 Å². The van der Waals surface area contributed by atoms with Crippen molar-refractivity contribution in [3.05, 3.63) is 71.3 Å². The van der Waals surface area contributed by atoms with E-state index >= 15 is 0 Å². The van der Waals surface area contributed by atoms with Crippen LogP contribution in [0.5, 0.6) is 0 Å². The van der Waals surface area contributed by atoms with Gasteiger partial charge in [-0.15, -0.1) is 0 Å². The van der Waals surface area contributed by atoms with Crippen LogP contribution in [0.2, 0.25) is 0 Å². The van der Waals surface area contributed by atoms with Crippen LogP contribution in [0.25, 0.3) is 0 Å². The van der Waals surface area contributed by atoms with E-state index in [0.29, 0.717) is 0 Å². The number of rotatable bonds is 4. The summed E-state index contributed by atoms with van der Waals surface area (Å²) in [5.74, 6) is -0.292. The van der Waals surface area contributed by atoms with E-state index in [-0.39, 0.29) is 30.4 Å². The molecule has 5 nitrogen and oxygen atoms in total. The second-order valence-corrected chi connectivity index (χ2v) is 6.48. The lowest BCUT2D eigenvalue weighted by Crippen LogP contribution is -2.56. The fourth-order valence-corrected chi connectivity index (χ4v) is 2.95. The molecule has 0 radical (unpaired) electrons. The summed E-state index contributed by atoms with van der Waals surface area (Å²) >= 11 is 0. The van der Waals surface area contributed by atoms with Crippen molar-refractivity contribution in [2.75, 3.05) is 0 Å². The number of aryl methyl sites for hydroxylation is 1. The number of hydrogen-bond acceptors (Lipinski definition) is 3. The Labute approximate surface area is 147 Å². The molecule has 1 aliphatic heterocycles. The average Bonchev–Trinajstić information content (AvgIpc) is 2.62. The predicted octanol–water partition coefficient (Wildman–Crippen LogP) is 2.35. The Bertz CT molecular complexity index is 743. The van der Waals surface area contributed by atoms with Crippen LogP contribution < -0.4 is 16.0 Å². The molecule has 3 N–H and O–H groups in total. The molecule has 0 bridgehead atoms. The number of carbonyl (C=O) groups is 2. The quantitative estimate of drug-likeness (QED) is 0.802. The van der Waals surface area contributed by atoms with Gasteiger partial charge in [-0.25, -0.2) is 0 Å². The van der Waals surface area contributed by atoms with E-state index in [1.807, 2.05) is 68.4 Å². The standard InChI is InChI=1S/C20H23N3O2/c1-13-8-10-15(11-9-13)14(2)21-20(25)17-12-18(24)23-19(22-17)16-6-4-3-5-7-16/h3-11,14,17,19,22H,12H2,1-2H3,(H,21,25)(H,23,24)/t14-,17?,19?/m0/s1. The highest BCUT2D eigenvalue weighted by Gasteiger charge is 2.31. The van der Waals surface area contributed by atoms with E-state index in [1.165, 1.54) is 5.56 Å². The maximum atomic E-state index is 12.6. The zero-order valence-corrected chi connectivity index (χ0v) is 14.5. The van der Waals surface area contributed by atoms with Crippen LogP contribution in [0.15, 0.2) is 54.6 Å². The van der Waals surface area contributed by atoms with Crippen LogP contribution in [0.4, 0.5) is 0 Å². The van der Waals surface area contributed by atoms with Gasteiger partial charge in [0.1, 0.15) is 6.17 Å². The minimum absolute atomic E-state index is 0.116. The first-order chi connectivity index (χ1) is 12.0. The number of amides is 2. The van der Waals surface area contributed by atoms with Gasteiger partial charge in [-0.05, 0) is 25.0 Å². The van der Waals surface area contributed by atoms with Gasteiger partial charge in [0.2, 0.25) is 11.8 Å². The van der Waals surface area contributed by atoms with Gasteiger partial charge in [-0.1, -0.05) is 60.2 Å². The van der Waals surface area contributed by atoms with Gasteiger partial charge in [-0.3, -0.25) is 14.9 Å². The first kappa shape index (κ1) is 17.2. The summed E-state index contributed by atoms with van der Waals surface area (Å²) in [7, 11) is 0. The van der Waals surface area contributed by atoms with E-state index < -0.39 is 6.04 Å². The molecular weight excluding hydrogens is 314 g/mol. The van der Waals surface area contributed by atoms with Crippen molar-refractivity contribution < 1.29 is 9.59 Å². The molecule has 2 unspecified atom stereocenters. The molecule has 0 aliphatic carbocycles. The maximum absolute atomic E-state index is 12.6. The lowest BCUT2D eigenvalue weighted by atomic mass is 10.0. The van der Waals surface area contributed by atoms with E-state index in [4.69, 9.17) is 0 Å². The second kappa shape index (κ2) is 7.49. The minimum Gasteiger partial charge on any atom is -0.348 e. The summed E-state index contributed by atoms with van der Waals surface area (Å²) in [4.78, 5) is 24.6. The summed E-state index contributed by atoms with van der Waals surface area (Å²) < 4.78 is 0. The molecule has 0 aromatic heterocycles. The summed E-state index contributed by atoms with van der Waals surface area (Å²) in [6.07, 6.45) is -0.219. The van der Waals surface area contributed by atoms with Crippen LogP contribution in [0, 0.1) is 6.92 Å². The van der Waals surface area contributed by atoms with Crippen molar-refractivity contribution in [2.45, 2.75) is 38.5 Å². The van der Waals surface area contributed by atoms with Gasteiger partial charge in [0.05, 0.1) is 18.5 Å². The van der Waals surface area contributed by atoms with Crippen molar-refractivity contribution in [2.24, 2.45) is 0 Å². The van der Waals surface area contributed by atoms with Gasteiger partial charge in [0, 0.05) is 0 Å². The third kappa shape index (κ3) is 4.25. The third-order valence-electron chi connectivity index (χ3n) is 4.45. The Kier molecular flexibility index (Phi) is 5.14. The van der Waals surface area contributed by atoms with E-state index in [0.717, 1.165) is 11.1 Å². The van der Waals surface area contributed by atoms with E-state index in [1.54, 1.807) is 0 Å². The molecule has 0 spiro atoms. The normalized spacial score (nSPS) is 21.3. The first-order valence-corrected chi connectivity index (χ1v) is 8.50. The number of carbonyl (C=O) groups excluding carboxylic acids is 2. The highest BCUT2D eigenvalue weighted by Crippen LogP contribution is 2.17. The molecule has 1 saturated heterocycles. The van der Waals surface area contributed by atoms with E-state index in [9.17, 15) is 9.59 Å². The summed E-state index contributed by atoms with van der Waals surface area (Å²) in [5, 5.41) is 9.10. The van der Waals surface area contributed by atoms with Crippen molar-refractivity contribution in [3.8, 4) is 0 Å². The van der Waals surface area contributed by atoms with Gasteiger partial charge in [-0.2, -0.15) is 0 Å². The lowest BCUT2D eigenvalue weighted by molar-refractivity contribution is -0.132. The summed E-state index contributed by atoms with van der Waals surface area (Å²) in [5.41, 5.74) is 3.15. The molecule has 0 saturated carbocycles. The van der Waals surface area contributed by atoms with Gasteiger partial charge in [0.15, 0.2) is 0 Å². The zero-order chi connectivity index (χ0) is 17.8. The Balaban J connectivity index is 1.66. The largest absolute Gasteiger partial charge is 0.348 e. The zero-order valence-electron chi connectivity index (χ0n) is 14.5. The molecule has 1 heterocycles. The van der Waals surface area contributed by atoms with Crippen LogP contribution >= 0.6 is 0 Å².